The van der Waals surface area contributed by atoms with Gasteiger partial charge in [-0.2, -0.15) is 8.42 Å². The minimum atomic E-state index is -5.41. The number of methoxy groups -OCH3 is 1. The van der Waals surface area contributed by atoms with Crippen molar-refractivity contribution in [2.75, 3.05) is 7.11 Å². The van der Waals surface area contributed by atoms with Crippen molar-refractivity contribution < 1.29 is 26.8 Å². The lowest BCUT2D eigenvalue weighted by Crippen LogP contribution is -2.10. The molecule has 0 amide bonds. The van der Waals surface area contributed by atoms with Crippen molar-refractivity contribution in [2.24, 2.45) is 0 Å². The van der Waals surface area contributed by atoms with Crippen LogP contribution in [0.2, 0.25) is 0 Å². The Morgan fingerprint density at radius 1 is 1.47 bits per heavy atom. The standard InChI is InChI=1S/C8H6FNO6S/c1-16-8(11)5-3-2-4-6(10(12)13)7(5)17(9,14)15/h2-4H,1H3. The van der Waals surface area contributed by atoms with Gasteiger partial charge in [0.15, 0.2) is 4.90 Å². The molecule has 0 aromatic heterocycles. The van der Waals surface area contributed by atoms with Crippen molar-refractivity contribution in [1.82, 2.24) is 0 Å². The third-order valence-electron chi connectivity index (χ3n) is 1.84. The van der Waals surface area contributed by atoms with Gasteiger partial charge in [-0.3, -0.25) is 10.1 Å². The van der Waals surface area contributed by atoms with Crippen LogP contribution in [0.5, 0.6) is 0 Å². The summed E-state index contributed by atoms with van der Waals surface area (Å²) >= 11 is 0. The molecule has 0 atom stereocenters. The van der Waals surface area contributed by atoms with Crippen LogP contribution in [0.25, 0.3) is 0 Å². The molecule has 0 unspecified atom stereocenters. The Bertz CT molecular complexity index is 582. The van der Waals surface area contributed by atoms with Crippen LogP contribution in [-0.4, -0.2) is 26.4 Å². The van der Waals surface area contributed by atoms with Crippen LogP contribution in [0.15, 0.2) is 23.1 Å². The van der Waals surface area contributed by atoms with Crippen molar-refractivity contribution in [1.29, 1.82) is 0 Å². The monoisotopic (exact) mass is 263 g/mol. The lowest BCUT2D eigenvalue weighted by atomic mass is 10.2. The zero-order chi connectivity index (χ0) is 13.2. The van der Waals surface area contributed by atoms with E-state index in [-0.39, 0.29) is 0 Å². The smallest absolute Gasteiger partial charge is 0.339 e. The van der Waals surface area contributed by atoms with Gasteiger partial charge in [0.05, 0.1) is 17.6 Å². The number of benzene rings is 1. The summed E-state index contributed by atoms with van der Waals surface area (Å²) in [5.41, 5.74) is -1.74. The summed E-state index contributed by atoms with van der Waals surface area (Å²) in [4.78, 5) is 19.3. The van der Waals surface area contributed by atoms with Gasteiger partial charge >= 0.3 is 16.2 Å². The lowest BCUT2D eigenvalue weighted by Gasteiger charge is -2.04. The summed E-state index contributed by atoms with van der Waals surface area (Å²) in [6, 6.07) is 2.75. The fraction of sp³-hybridized carbons (Fsp3) is 0.125. The van der Waals surface area contributed by atoms with E-state index in [9.17, 15) is 27.2 Å². The highest BCUT2D eigenvalue weighted by atomic mass is 32.3. The highest BCUT2D eigenvalue weighted by Crippen LogP contribution is 2.29. The van der Waals surface area contributed by atoms with E-state index >= 15 is 0 Å². The van der Waals surface area contributed by atoms with Crippen LogP contribution >= 0.6 is 0 Å². The Balaban J connectivity index is 3.69. The average Bonchev–Trinajstić information content (AvgIpc) is 2.25. The summed E-state index contributed by atoms with van der Waals surface area (Å²) in [5.74, 6) is -1.18. The number of rotatable bonds is 3. The fourth-order valence-electron chi connectivity index (χ4n) is 1.20. The molecule has 0 N–H and O–H groups in total. The predicted octanol–water partition coefficient (Wildman–Crippen LogP) is 1.04. The highest BCUT2D eigenvalue weighted by Gasteiger charge is 2.32. The molecule has 1 aromatic rings. The van der Waals surface area contributed by atoms with Gasteiger partial charge in [-0.05, 0) is 6.07 Å². The molecule has 0 aliphatic carbocycles. The number of carbonyl (C=O) groups is 1. The molecule has 0 radical (unpaired) electrons. The lowest BCUT2D eigenvalue weighted by molar-refractivity contribution is -0.387. The van der Waals surface area contributed by atoms with E-state index in [1.54, 1.807) is 0 Å². The maximum Gasteiger partial charge on any atom is 0.339 e. The van der Waals surface area contributed by atoms with Gasteiger partial charge in [0, 0.05) is 6.07 Å². The number of esters is 1. The fourth-order valence-corrected chi connectivity index (χ4v) is 2.00. The maximum atomic E-state index is 13.0. The molecule has 7 nitrogen and oxygen atoms in total. The molecule has 0 saturated carbocycles. The van der Waals surface area contributed by atoms with Gasteiger partial charge < -0.3 is 4.74 Å². The number of hydrogen-bond acceptors (Lipinski definition) is 6. The van der Waals surface area contributed by atoms with Crippen molar-refractivity contribution >= 4 is 21.9 Å². The molecule has 17 heavy (non-hydrogen) atoms. The first-order chi connectivity index (χ1) is 7.79. The Morgan fingerprint density at radius 3 is 2.47 bits per heavy atom. The van der Waals surface area contributed by atoms with Gasteiger partial charge in [-0.1, -0.05) is 6.07 Å². The van der Waals surface area contributed by atoms with Crippen molar-refractivity contribution in [3.8, 4) is 0 Å². The summed E-state index contributed by atoms with van der Waals surface area (Å²) < 4.78 is 38.8. The molecule has 92 valence electrons. The van der Waals surface area contributed by atoms with E-state index in [1.165, 1.54) is 0 Å². The van der Waals surface area contributed by atoms with Gasteiger partial charge in [0.25, 0.3) is 5.69 Å². The van der Waals surface area contributed by atoms with E-state index in [0.717, 1.165) is 25.3 Å². The first-order valence-electron chi connectivity index (χ1n) is 4.09. The predicted molar refractivity (Wildman–Crippen MR) is 52.7 cm³/mol. The van der Waals surface area contributed by atoms with Gasteiger partial charge in [0.2, 0.25) is 0 Å². The summed E-state index contributed by atoms with van der Waals surface area (Å²) in [6.07, 6.45) is 0. The molecule has 0 aliphatic heterocycles. The van der Waals surface area contributed by atoms with Crippen LogP contribution in [0.4, 0.5) is 9.57 Å². The average molecular weight is 263 g/mol. The second kappa shape index (κ2) is 4.45. The number of nitro benzene ring substituents is 1. The summed E-state index contributed by atoms with van der Waals surface area (Å²) in [6.45, 7) is 0. The minimum Gasteiger partial charge on any atom is -0.465 e. The Kier molecular flexibility index (Phi) is 3.42. The van der Waals surface area contributed by atoms with Crippen LogP contribution in [0.3, 0.4) is 0 Å². The van der Waals surface area contributed by atoms with Crippen LogP contribution in [-0.2, 0) is 15.0 Å². The highest BCUT2D eigenvalue weighted by molar-refractivity contribution is 7.86. The zero-order valence-corrected chi connectivity index (χ0v) is 9.23. The molecule has 0 aliphatic rings. The summed E-state index contributed by atoms with van der Waals surface area (Å²) in [7, 11) is -4.47. The van der Waals surface area contributed by atoms with E-state index < -0.39 is 37.3 Å². The molecule has 0 spiro atoms. The Labute approximate surface area is 95.2 Å². The Morgan fingerprint density at radius 2 is 2.06 bits per heavy atom. The van der Waals surface area contributed by atoms with Crippen molar-refractivity contribution in [3.05, 3.63) is 33.9 Å². The topological polar surface area (TPSA) is 104 Å². The molecule has 9 heteroatoms. The molecule has 1 rings (SSSR count). The Hall–Kier alpha value is -2.03. The molecule has 0 saturated heterocycles. The quantitative estimate of drug-likeness (QED) is 0.349. The van der Waals surface area contributed by atoms with Crippen molar-refractivity contribution in [3.63, 3.8) is 0 Å². The zero-order valence-electron chi connectivity index (χ0n) is 8.41. The van der Waals surface area contributed by atoms with Crippen molar-refractivity contribution in [2.45, 2.75) is 4.90 Å². The van der Waals surface area contributed by atoms with Crippen LogP contribution in [0, 0.1) is 10.1 Å². The third kappa shape index (κ3) is 2.56. The summed E-state index contributed by atoms with van der Waals surface area (Å²) in [5, 5.41) is 10.6. The van der Waals surface area contributed by atoms with E-state index in [1.807, 2.05) is 0 Å². The van der Waals surface area contributed by atoms with Crippen LogP contribution < -0.4 is 0 Å². The van der Waals surface area contributed by atoms with Gasteiger partial charge in [0.1, 0.15) is 0 Å². The van der Waals surface area contributed by atoms with Crippen LogP contribution in [0.1, 0.15) is 10.4 Å². The van der Waals surface area contributed by atoms with E-state index in [4.69, 9.17) is 0 Å². The number of ether oxygens (including phenoxy) is 1. The molecular formula is C8H6FNO6S. The number of nitro groups is 1. The molecule has 0 heterocycles. The third-order valence-corrected chi connectivity index (χ3v) is 2.76. The normalized spacial score (nSPS) is 10.9. The van der Waals surface area contributed by atoms with Gasteiger partial charge in [-0.15, -0.1) is 3.89 Å². The molecule has 0 bridgehead atoms. The van der Waals surface area contributed by atoms with E-state index in [2.05, 4.69) is 4.74 Å². The maximum absolute atomic E-state index is 13.0. The second-order valence-corrected chi connectivity index (χ2v) is 4.12. The second-order valence-electron chi connectivity index (χ2n) is 2.84. The molecular weight excluding hydrogens is 257 g/mol. The first-order valence-corrected chi connectivity index (χ1v) is 5.47. The molecule has 0 fully saturated rings. The number of carbonyl (C=O) groups excluding carboxylic acids is 1. The van der Waals surface area contributed by atoms with E-state index in [0.29, 0.717) is 0 Å². The largest absolute Gasteiger partial charge is 0.465 e. The van der Waals surface area contributed by atoms with Gasteiger partial charge in [-0.25, -0.2) is 4.79 Å². The number of nitrogens with zero attached hydrogens (tertiary/aromatic N) is 1. The minimum absolute atomic E-state index is 0.718. The SMILES string of the molecule is COC(=O)c1cccc([N+](=O)[O-])c1S(=O)(=O)F. The first kappa shape index (κ1) is 13.0. The number of halogens is 1. The number of hydrogen-bond donors (Lipinski definition) is 0. The molecule has 1 aromatic carbocycles.